The highest BCUT2D eigenvalue weighted by Gasteiger charge is 2.16. The van der Waals surface area contributed by atoms with Gasteiger partial charge < -0.3 is 10.4 Å². The molecule has 4 nitrogen and oxygen atoms in total. The average molecular weight is 325 g/mol. The molecule has 0 radical (unpaired) electrons. The number of carbonyl (C=O) groups is 1. The van der Waals surface area contributed by atoms with Crippen LogP contribution in [0.25, 0.3) is 0 Å². The van der Waals surface area contributed by atoms with Crippen molar-refractivity contribution in [2.45, 2.75) is 26.4 Å². The maximum absolute atomic E-state index is 12.1. The SMILES string of the molecule is CCc1nc(C)c(C(=O)NC[C@H](O)c2ccc(Cl)cc2)s1. The highest BCUT2D eigenvalue weighted by Crippen LogP contribution is 2.19. The molecule has 0 spiro atoms. The lowest BCUT2D eigenvalue weighted by molar-refractivity contribution is 0.0919. The average Bonchev–Trinajstić information content (AvgIpc) is 2.86. The molecule has 6 heteroatoms. The second kappa shape index (κ2) is 7.02. The molecule has 0 bridgehead atoms. The molecule has 1 aromatic heterocycles. The van der Waals surface area contributed by atoms with E-state index in [1.807, 2.05) is 13.8 Å². The smallest absolute Gasteiger partial charge is 0.263 e. The number of carbonyl (C=O) groups excluding carboxylic acids is 1. The number of hydrogen-bond donors (Lipinski definition) is 2. The van der Waals surface area contributed by atoms with Crippen LogP contribution in [0, 0.1) is 6.92 Å². The van der Waals surface area contributed by atoms with E-state index in [-0.39, 0.29) is 12.5 Å². The Hall–Kier alpha value is -1.43. The number of amides is 1. The van der Waals surface area contributed by atoms with E-state index >= 15 is 0 Å². The molecule has 2 rings (SSSR count). The van der Waals surface area contributed by atoms with E-state index in [9.17, 15) is 9.90 Å². The number of nitrogens with one attached hydrogen (secondary N) is 1. The predicted molar refractivity (Wildman–Crippen MR) is 85.0 cm³/mol. The van der Waals surface area contributed by atoms with Crippen LogP contribution >= 0.6 is 22.9 Å². The van der Waals surface area contributed by atoms with Crippen LogP contribution in [0.5, 0.6) is 0 Å². The number of aliphatic hydroxyl groups is 1. The Morgan fingerprint density at radius 1 is 1.43 bits per heavy atom. The summed E-state index contributed by atoms with van der Waals surface area (Å²) in [5.41, 5.74) is 1.45. The van der Waals surface area contributed by atoms with Gasteiger partial charge in [0.15, 0.2) is 0 Å². The Kier molecular flexibility index (Phi) is 5.33. The molecule has 1 aromatic carbocycles. The van der Waals surface area contributed by atoms with Crippen molar-refractivity contribution >= 4 is 28.8 Å². The predicted octanol–water partition coefficient (Wildman–Crippen LogP) is 3.13. The summed E-state index contributed by atoms with van der Waals surface area (Å²) in [6.07, 6.45) is 0.0525. The third-order valence-corrected chi connectivity index (χ3v) is 4.61. The minimum absolute atomic E-state index is 0.152. The third kappa shape index (κ3) is 4.03. The summed E-state index contributed by atoms with van der Waals surface area (Å²) in [4.78, 5) is 17.0. The van der Waals surface area contributed by atoms with Gasteiger partial charge in [-0.1, -0.05) is 30.7 Å². The number of aromatic nitrogens is 1. The van der Waals surface area contributed by atoms with Crippen molar-refractivity contribution in [2.24, 2.45) is 0 Å². The van der Waals surface area contributed by atoms with Crippen molar-refractivity contribution in [3.05, 3.63) is 50.4 Å². The Bertz CT molecular complexity index is 625. The number of benzene rings is 1. The minimum Gasteiger partial charge on any atom is -0.387 e. The van der Waals surface area contributed by atoms with Crippen LogP contribution in [-0.2, 0) is 6.42 Å². The van der Waals surface area contributed by atoms with Crippen LogP contribution in [-0.4, -0.2) is 22.5 Å². The monoisotopic (exact) mass is 324 g/mol. The summed E-state index contributed by atoms with van der Waals surface area (Å²) in [5.74, 6) is -0.197. The fourth-order valence-corrected chi connectivity index (χ4v) is 2.93. The molecule has 0 fully saturated rings. The number of halogens is 1. The zero-order chi connectivity index (χ0) is 15.4. The van der Waals surface area contributed by atoms with Gasteiger partial charge in [-0.15, -0.1) is 11.3 Å². The maximum atomic E-state index is 12.1. The molecule has 0 unspecified atom stereocenters. The fraction of sp³-hybridized carbons (Fsp3) is 0.333. The first kappa shape index (κ1) is 15.9. The topological polar surface area (TPSA) is 62.2 Å². The summed E-state index contributed by atoms with van der Waals surface area (Å²) in [6.45, 7) is 3.98. The van der Waals surface area contributed by atoms with Crippen LogP contribution < -0.4 is 5.32 Å². The summed E-state index contributed by atoms with van der Waals surface area (Å²) >= 11 is 7.20. The van der Waals surface area contributed by atoms with Crippen molar-refractivity contribution in [1.29, 1.82) is 0 Å². The van der Waals surface area contributed by atoms with E-state index < -0.39 is 6.10 Å². The summed E-state index contributed by atoms with van der Waals surface area (Å²) in [6, 6.07) is 6.91. The quantitative estimate of drug-likeness (QED) is 0.888. The number of aliphatic hydroxyl groups excluding tert-OH is 1. The van der Waals surface area contributed by atoms with E-state index in [1.165, 1.54) is 11.3 Å². The lowest BCUT2D eigenvalue weighted by atomic mass is 10.1. The lowest BCUT2D eigenvalue weighted by Gasteiger charge is -2.12. The second-order valence-electron chi connectivity index (χ2n) is 4.65. The van der Waals surface area contributed by atoms with E-state index in [4.69, 9.17) is 11.6 Å². The molecular weight excluding hydrogens is 308 g/mol. The number of aryl methyl sites for hydroxylation is 2. The van der Waals surface area contributed by atoms with Gasteiger partial charge in [-0.2, -0.15) is 0 Å². The zero-order valence-corrected chi connectivity index (χ0v) is 13.5. The highest BCUT2D eigenvalue weighted by molar-refractivity contribution is 7.13. The van der Waals surface area contributed by atoms with Crippen molar-refractivity contribution in [3.63, 3.8) is 0 Å². The molecule has 2 N–H and O–H groups in total. The normalized spacial score (nSPS) is 12.2. The zero-order valence-electron chi connectivity index (χ0n) is 11.9. The van der Waals surface area contributed by atoms with Gasteiger partial charge in [0, 0.05) is 11.6 Å². The third-order valence-electron chi connectivity index (χ3n) is 3.06. The van der Waals surface area contributed by atoms with Crippen LogP contribution in [0.4, 0.5) is 0 Å². The summed E-state index contributed by atoms with van der Waals surface area (Å²) in [7, 11) is 0. The Morgan fingerprint density at radius 2 is 2.10 bits per heavy atom. The van der Waals surface area contributed by atoms with E-state index in [2.05, 4.69) is 10.3 Å². The van der Waals surface area contributed by atoms with Crippen LogP contribution in [0.1, 0.15) is 39.0 Å². The molecule has 0 aliphatic rings. The number of rotatable bonds is 5. The van der Waals surface area contributed by atoms with E-state index in [1.54, 1.807) is 24.3 Å². The molecule has 1 amide bonds. The Labute approximate surface area is 132 Å². The lowest BCUT2D eigenvalue weighted by Crippen LogP contribution is -2.28. The highest BCUT2D eigenvalue weighted by atomic mass is 35.5. The first-order chi connectivity index (χ1) is 10.0. The van der Waals surface area contributed by atoms with E-state index in [0.717, 1.165) is 22.7 Å². The van der Waals surface area contributed by atoms with Gasteiger partial charge in [0.05, 0.1) is 16.8 Å². The molecule has 1 atom stereocenters. The minimum atomic E-state index is -0.759. The summed E-state index contributed by atoms with van der Waals surface area (Å²) in [5, 5.41) is 14.4. The van der Waals surface area contributed by atoms with Crippen molar-refractivity contribution < 1.29 is 9.90 Å². The number of nitrogens with zero attached hydrogens (tertiary/aromatic N) is 1. The van der Waals surface area contributed by atoms with Crippen molar-refractivity contribution in [1.82, 2.24) is 10.3 Å². The van der Waals surface area contributed by atoms with Crippen LogP contribution in [0.15, 0.2) is 24.3 Å². The molecule has 112 valence electrons. The summed E-state index contributed by atoms with van der Waals surface area (Å²) < 4.78 is 0. The molecule has 0 saturated heterocycles. The van der Waals surface area contributed by atoms with Gasteiger partial charge in [-0.25, -0.2) is 4.98 Å². The second-order valence-corrected chi connectivity index (χ2v) is 6.17. The Balaban J connectivity index is 1.97. The van der Waals surface area contributed by atoms with E-state index in [0.29, 0.717) is 9.90 Å². The first-order valence-corrected chi connectivity index (χ1v) is 7.88. The van der Waals surface area contributed by atoms with Gasteiger partial charge in [-0.05, 0) is 31.0 Å². The molecular formula is C15H17ClN2O2S. The van der Waals surface area contributed by atoms with Gasteiger partial charge in [0.25, 0.3) is 5.91 Å². The van der Waals surface area contributed by atoms with Crippen molar-refractivity contribution in [3.8, 4) is 0 Å². The molecule has 21 heavy (non-hydrogen) atoms. The first-order valence-electron chi connectivity index (χ1n) is 6.69. The molecule has 2 aromatic rings. The Morgan fingerprint density at radius 3 is 2.67 bits per heavy atom. The van der Waals surface area contributed by atoms with Gasteiger partial charge >= 0.3 is 0 Å². The molecule has 0 saturated carbocycles. The molecule has 0 aliphatic heterocycles. The number of hydrogen-bond acceptors (Lipinski definition) is 4. The molecule has 1 heterocycles. The largest absolute Gasteiger partial charge is 0.387 e. The molecule has 0 aliphatic carbocycles. The van der Waals surface area contributed by atoms with Gasteiger partial charge in [-0.3, -0.25) is 4.79 Å². The van der Waals surface area contributed by atoms with Gasteiger partial charge in [0.1, 0.15) is 4.88 Å². The number of thiazole rings is 1. The van der Waals surface area contributed by atoms with Gasteiger partial charge in [0.2, 0.25) is 0 Å². The van der Waals surface area contributed by atoms with Crippen LogP contribution in [0.2, 0.25) is 5.02 Å². The maximum Gasteiger partial charge on any atom is 0.263 e. The fourth-order valence-electron chi connectivity index (χ4n) is 1.89. The standard InChI is InChI=1S/C15H17ClN2O2S/c1-3-13-18-9(2)14(21-13)15(20)17-8-12(19)10-4-6-11(16)7-5-10/h4-7,12,19H,3,8H2,1-2H3,(H,17,20)/t12-/m0/s1. The van der Waals surface area contributed by atoms with Crippen LogP contribution in [0.3, 0.4) is 0 Å². The van der Waals surface area contributed by atoms with Crippen molar-refractivity contribution in [2.75, 3.05) is 6.54 Å².